The third-order valence-electron chi connectivity index (χ3n) is 5.64. The highest BCUT2D eigenvalue weighted by Crippen LogP contribution is 2.37. The molecule has 4 rings (SSSR count). The maximum absolute atomic E-state index is 12.9. The van der Waals surface area contributed by atoms with Crippen LogP contribution in [-0.4, -0.2) is 45.7 Å². The molecule has 0 spiro atoms. The van der Waals surface area contributed by atoms with E-state index in [2.05, 4.69) is 24.8 Å². The summed E-state index contributed by atoms with van der Waals surface area (Å²) in [5.74, 6) is 0.391. The summed E-state index contributed by atoms with van der Waals surface area (Å²) in [7, 11) is 0. The van der Waals surface area contributed by atoms with Gasteiger partial charge in [0.25, 0.3) is 5.78 Å². The Bertz CT molecular complexity index is 807. The molecular formula is C21H27N3O2. The van der Waals surface area contributed by atoms with E-state index in [9.17, 15) is 9.59 Å². The van der Waals surface area contributed by atoms with E-state index in [1.165, 1.54) is 25.9 Å². The fourth-order valence-corrected chi connectivity index (χ4v) is 4.36. The number of nitrogens with zero attached hydrogens (tertiary/aromatic N) is 3. The lowest BCUT2D eigenvalue weighted by Crippen LogP contribution is -2.28. The van der Waals surface area contributed by atoms with Crippen molar-refractivity contribution in [1.82, 2.24) is 14.5 Å². The number of carbonyl (C=O) groups is 2. The quantitative estimate of drug-likeness (QED) is 0.762. The number of Topliss-reactive ketones (excluding diaryl/α,β-unsaturated/α-hetero) is 2. The zero-order valence-electron chi connectivity index (χ0n) is 15.8. The highest BCUT2D eigenvalue weighted by Gasteiger charge is 2.38. The number of aromatic nitrogens is 2. The molecule has 3 aliphatic rings. The van der Waals surface area contributed by atoms with Gasteiger partial charge < -0.3 is 9.47 Å². The van der Waals surface area contributed by atoms with E-state index in [0.717, 1.165) is 49.4 Å². The number of likely N-dealkylation sites (tertiary alicyclic amines) is 1. The number of hydrogen-bond acceptors (Lipinski definition) is 4. The molecule has 5 heteroatoms. The fourth-order valence-electron chi connectivity index (χ4n) is 4.36. The Hall–Kier alpha value is -2.01. The molecular weight excluding hydrogens is 326 g/mol. The maximum atomic E-state index is 12.9. The molecule has 0 radical (unpaired) electrons. The Morgan fingerprint density at radius 3 is 2.38 bits per heavy atom. The van der Waals surface area contributed by atoms with E-state index in [1.54, 1.807) is 0 Å². The Kier molecular flexibility index (Phi) is 4.65. The standard InChI is InChI=1S/C21H27N3O2/c1-14(2)21-22-17-15-8-3-4-9-16(15)19(25)20(26)18(17)24(21)13-7-12-23-10-5-6-11-23/h8-9,14H,3-7,10-13H2,1-2H3. The number of imidazole rings is 1. The van der Waals surface area contributed by atoms with Crippen LogP contribution in [0.15, 0.2) is 17.7 Å². The molecule has 1 saturated heterocycles. The molecule has 0 N–H and O–H groups in total. The Labute approximate surface area is 154 Å². The van der Waals surface area contributed by atoms with Crippen LogP contribution in [0.5, 0.6) is 0 Å². The second-order valence-corrected chi connectivity index (χ2v) is 7.85. The number of carbonyl (C=O) groups excluding carboxylic acids is 2. The van der Waals surface area contributed by atoms with Gasteiger partial charge in [0.1, 0.15) is 17.2 Å². The van der Waals surface area contributed by atoms with Crippen LogP contribution < -0.4 is 0 Å². The molecule has 2 aliphatic carbocycles. The molecule has 138 valence electrons. The molecule has 0 bridgehead atoms. The van der Waals surface area contributed by atoms with Crippen LogP contribution in [-0.2, 0) is 11.3 Å². The molecule has 0 aromatic carbocycles. The van der Waals surface area contributed by atoms with Gasteiger partial charge in [-0.15, -0.1) is 0 Å². The largest absolute Gasteiger partial charge is 0.324 e. The van der Waals surface area contributed by atoms with Crippen molar-refractivity contribution in [2.24, 2.45) is 0 Å². The van der Waals surface area contributed by atoms with Crippen molar-refractivity contribution in [3.63, 3.8) is 0 Å². The second kappa shape index (κ2) is 6.95. The minimum Gasteiger partial charge on any atom is -0.324 e. The van der Waals surface area contributed by atoms with Crippen LogP contribution in [0.4, 0.5) is 0 Å². The lowest BCUT2D eigenvalue weighted by molar-refractivity contribution is -0.111. The zero-order chi connectivity index (χ0) is 18.3. The highest BCUT2D eigenvalue weighted by molar-refractivity contribution is 6.54. The van der Waals surface area contributed by atoms with Crippen LogP contribution >= 0.6 is 0 Å². The van der Waals surface area contributed by atoms with Gasteiger partial charge in [-0.25, -0.2) is 4.98 Å². The van der Waals surface area contributed by atoms with E-state index in [1.807, 2.05) is 10.6 Å². The van der Waals surface area contributed by atoms with E-state index >= 15 is 0 Å². The molecule has 0 unspecified atom stereocenters. The molecule has 26 heavy (non-hydrogen) atoms. The van der Waals surface area contributed by atoms with Crippen molar-refractivity contribution in [3.8, 4) is 0 Å². The first-order valence-corrected chi connectivity index (χ1v) is 9.90. The van der Waals surface area contributed by atoms with Gasteiger partial charge in [0.05, 0.1) is 0 Å². The van der Waals surface area contributed by atoms with Crippen molar-refractivity contribution < 1.29 is 9.59 Å². The fraction of sp³-hybridized carbons (Fsp3) is 0.571. The highest BCUT2D eigenvalue weighted by atomic mass is 16.2. The van der Waals surface area contributed by atoms with Crippen molar-refractivity contribution in [3.05, 3.63) is 34.9 Å². The maximum Gasteiger partial charge on any atom is 0.252 e. The van der Waals surface area contributed by atoms with E-state index in [0.29, 0.717) is 11.3 Å². The van der Waals surface area contributed by atoms with Crippen molar-refractivity contribution in [1.29, 1.82) is 0 Å². The first-order valence-electron chi connectivity index (χ1n) is 9.90. The van der Waals surface area contributed by atoms with Gasteiger partial charge in [-0.1, -0.05) is 26.0 Å². The van der Waals surface area contributed by atoms with Crippen LogP contribution in [0, 0.1) is 0 Å². The summed E-state index contributed by atoms with van der Waals surface area (Å²) in [6.45, 7) is 8.35. The summed E-state index contributed by atoms with van der Waals surface area (Å²) in [5, 5.41) is 0. The molecule has 1 aliphatic heterocycles. The lowest BCUT2D eigenvalue weighted by Gasteiger charge is -2.21. The van der Waals surface area contributed by atoms with Crippen molar-refractivity contribution >= 4 is 17.1 Å². The molecule has 0 atom stereocenters. The first-order chi connectivity index (χ1) is 12.6. The van der Waals surface area contributed by atoms with E-state index in [4.69, 9.17) is 4.98 Å². The minimum absolute atomic E-state index is 0.215. The number of ketones is 2. The monoisotopic (exact) mass is 353 g/mol. The summed E-state index contributed by atoms with van der Waals surface area (Å²) in [5.41, 5.74) is 2.68. The smallest absolute Gasteiger partial charge is 0.252 e. The first kappa shape index (κ1) is 17.4. The molecule has 0 amide bonds. The number of fused-ring (bicyclic) bond motifs is 3. The molecule has 1 aromatic rings. The molecule has 1 aromatic heterocycles. The topological polar surface area (TPSA) is 55.2 Å². The Balaban J connectivity index is 1.69. The minimum atomic E-state index is -0.383. The predicted molar refractivity (Wildman–Crippen MR) is 101 cm³/mol. The molecule has 1 fully saturated rings. The molecule has 5 nitrogen and oxygen atoms in total. The summed E-state index contributed by atoms with van der Waals surface area (Å²) in [6.07, 6.45) is 9.25. The van der Waals surface area contributed by atoms with Crippen molar-refractivity contribution in [2.45, 2.75) is 58.4 Å². The van der Waals surface area contributed by atoms with Crippen LogP contribution in [0.2, 0.25) is 0 Å². The van der Waals surface area contributed by atoms with Crippen LogP contribution in [0.1, 0.15) is 73.9 Å². The van der Waals surface area contributed by atoms with Gasteiger partial charge in [0, 0.05) is 23.6 Å². The van der Waals surface area contributed by atoms with Gasteiger partial charge in [-0.05, 0) is 51.7 Å². The average Bonchev–Trinajstić information content (AvgIpc) is 3.28. The molecule has 2 heterocycles. The number of allylic oxidation sites excluding steroid dienone is 4. The van der Waals surface area contributed by atoms with Gasteiger partial charge in [-0.3, -0.25) is 9.59 Å². The normalized spacial score (nSPS) is 20.3. The van der Waals surface area contributed by atoms with Gasteiger partial charge in [0.2, 0.25) is 5.78 Å². The van der Waals surface area contributed by atoms with Crippen LogP contribution in [0.25, 0.3) is 5.57 Å². The summed E-state index contributed by atoms with van der Waals surface area (Å²) >= 11 is 0. The Morgan fingerprint density at radius 2 is 1.69 bits per heavy atom. The Morgan fingerprint density at radius 1 is 1.00 bits per heavy atom. The average molecular weight is 353 g/mol. The van der Waals surface area contributed by atoms with E-state index < -0.39 is 0 Å². The predicted octanol–water partition coefficient (Wildman–Crippen LogP) is 3.36. The lowest BCUT2D eigenvalue weighted by atomic mass is 9.84. The van der Waals surface area contributed by atoms with Gasteiger partial charge >= 0.3 is 0 Å². The van der Waals surface area contributed by atoms with Gasteiger partial charge in [0.15, 0.2) is 0 Å². The summed E-state index contributed by atoms with van der Waals surface area (Å²) in [6, 6.07) is 0. The van der Waals surface area contributed by atoms with E-state index in [-0.39, 0.29) is 17.5 Å². The SMILES string of the molecule is CC(C)c1nc2c(n1CCCN1CCCC1)C(=O)C(=O)C1=CCCC=C12. The number of rotatable bonds is 5. The summed E-state index contributed by atoms with van der Waals surface area (Å²) in [4.78, 5) is 32.8. The van der Waals surface area contributed by atoms with Crippen LogP contribution in [0.3, 0.4) is 0 Å². The molecule has 0 saturated carbocycles. The second-order valence-electron chi connectivity index (χ2n) is 7.85. The zero-order valence-corrected chi connectivity index (χ0v) is 15.8. The number of hydrogen-bond donors (Lipinski definition) is 0. The van der Waals surface area contributed by atoms with Gasteiger partial charge in [-0.2, -0.15) is 0 Å². The van der Waals surface area contributed by atoms with Crippen molar-refractivity contribution in [2.75, 3.05) is 19.6 Å². The third kappa shape index (κ3) is 2.88. The summed E-state index contributed by atoms with van der Waals surface area (Å²) < 4.78 is 2.03. The third-order valence-corrected chi connectivity index (χ3v) is 5.64.